The molecule has 0 aliphatic rings. The average molecular weight is 324 g/mol. The number of hydrogen-bond acceptors (Lipinski definition) is 3. The summed E-state index contributed by atoms with van der Waals surface area (Å²) < 4.78 is 5.50. The molecule has 0 saturated carbocycles. The highest BCUT2D eigenvalue weighted by atomic mass is 16.5. The highest BCUT2D eigenvalue weighted by molar-refractivity contribution is 5.95. The van der Waals surface area contributed by atoms with Crippen molar-refractivity contribution in [2.24, 2.45) is 5.10 Å². The Labute approximate surface area is 143 Å². The van der Waals surface area contributed by atoms with Crippen LogP contribution in [0.5, 0.6) is 5.75 Å². The van der Waals surface area contributed by atoms with E-state index in [1.54, 1.807) is 30.5 Å². The topological polar surface area (TPSA) is 50.7 Å². The van der Waals surface area contributed by atoms with Gasteiger partial charge in [-0.3, -0.25) is 4.79 Å². The summed E-state index contributed by atoms with van der Waals surface area (Å²) in [7, 11) is 0. The van der Waals surface area contributed by atoms with Crippen molar-refractivity contribution in [2.45, 2.75) is 34.1 Å². The van der Waals surface area contributed by atoms with Gasteiger partial charge < -0.3 is 4.74 Å². The minimum Gasteiger partial charge on any atom is -0.494 e. The number of carbonyl (C=O) groups is 1. The van der Waals surface area contributed by atoms with E-state index in [1.165, 1.54) is 5.56 Å². The number of hydrazone groups is 1. The zero-order valence-electron chi connectivity index (χ0n) is 14.7. The van der Waals surface area contributed by atoms with Gasteiger partial charge in [-0.25, -0.2) is 5.43 Å². The number of nitrogens with one attached hydrogen (secondary N) is 1. The summed E-state index contributed by atoms with van der Waals surface area (Å²) >= 11 is 0. The maximum absolute atomic E-state index is 12.1. The van der Waals surface area contributed by atoms with Gasteiger partial charge in [0, 0.05) is 11.1 Å². The SMILES string of the molecule is CCCOc1ccc(C(=O)N/N=C\c2c(C)cc(C)cc2C)cc1. The summed E-state index contributed by atoms with van der Waals surface area (Å²) in [6.45, 7) is 8.87. The lowest BCUT2D eigenvalue weighted by atomic mass is 10.0. The normalized spacial score (nSPS) is 10.8. The molecule has 0 aliphatic heterocycles. The van der Waals surface area contributed by atoms with Gasteiger partial charge >= 0.3 is 0 Å². The second kappa shape index (κ2) is 8.29. The van der Waals surface area contributed by atoms with Crippen molar-refractivity contribution in [1.29, 1.82) is 0 Å². The Morgan fingerprint density at radius 3 is 2.33 bits per heavy atom. The van der Waals surface area contributed by atoms with Crippen LogP contribution < -0.4 is 10.2 Å². The van der Waals surface area contributed by atoms with Gasteiger partial charge in [-0.15, -0.1) is 0 Å². The maximum atomic E-state index is 12.1. The summed E-state index contributed by atoms with van der Waals surface area (Å²) in [4.78, 5) is 12.1. The van der Waals surface area contributed by atoms with Gasteiger partial charge in [-0.2, -0.15) is 5.10 Å². The molecule has 0 bridgehead atoms. The van der Waals surface area contributed by atoms with E-state index in [-0.39, 0.29) is 5.91 Å². The monoisotopic (exact) mass is 324 g/mol. The third-order valence-electron chi connectivity index (χ3n) is 3.69. The third-order valence-corrected chi connectivity index (χ3v) is 3.69. The van der Waals surface area contributed by atoms with Crippen LogP contribution in [0, 0.1) is 20.8 Å². The summed E-state index contributed by atoms with van der Waals surface area (Å²) in [5.74, 6) is 0.526. The van der Waals surface area contributed by atoms with E-state index in [0.29, 0.717) is 12.2 Å². The number of amides is 1. The van der Waals surface area contributed by atoms with Crippen LogP contribution in [0.3, 0.4) is 0 Å². The van der Waals surface area contributed by atoms with E-state index in [9.17, 15) is 4.79 Å². The van der Waals surface area contributed by atoms with Crippen molar-refractivity contribution in [3.8, 4) is 5.75 Å². The number of nitrogens with zero attached hydrogens (tertiary/aromatic N) is 1. The Hall–Kier alpha value is -2.62. The number of carbonyl (C=O) groups excluding carboxylic acids is 1. The standard InChI is InChI=1S/C20H24N2O2/c1-5-10-24-18-8-6-17(7-9-18)20(23)22-21-13-19-15(3)11-14(2)12-16(19)4/h6-9,11-13H,5,10H2,1-4H3,(H,22,23)/b21-13-. The van der Waals surface area contributed by atoms with E-state index in [4.69, 9.17) is 4.74 Å². The first kappa shape index (κ1) is 17.7. The minimum atomic E-state index is -0.240. The van der Waals surface area contributed by atoms with Crippen LogP contribution in [-0.2, 0) is 0 Å². The van der Waals surface area contributed by atoms with E-state index < -0.39 is 0 Å². The first-order chi connectivity index (χ1) is 11.5. The molecule has 4 nitrogen and oxygen atoms in total. The second-order valence-corrected chi connectivity index (χ2v) is 5.88. The molecule has 0 aromatic heterocycles. The van der Waals surface area contributed by atoms with Gasteiger partial charge in [-0.05, 0) is 62.6 Å². The molecular formula is C20H24N2O2. The van der Waals surface area contributed by atoms with Crippen molar-refractivity contribution in [3.63, 3.8) is 0 Å². The molecule has 2 aromatic carbocycles. The molecule has 0 atom stereocenters. The Morgan fingerprint density at radius 1 is 1.12 bits per heavy atom. The predicted octanol–water partition coefficient (Wildman–Crippen LogP) is 4.16. The molecule has 2 rings (SSSR count). The summed E-state index contributed by atoms with van der Waals surface area (Å²) in [6.07, 6.45) is 2.65. The molecular weight excluding hydrogens is 300 g/mol. The molecule has 1 N–H and O–H groups in total. The fourth-order valence-corrected chi connectivity index (χ4v) is 2.54. The van der Waals surface area contributed by atoms with Crippen LogP contribution in [0.25, 0.3) is 0 Å². The Morgan fingerprint density at radius 2 is 1.75 bits per heavy atom. The first-order valence-electron chi connectivity index (χ1n) is 8.15. The summed E-state index contributed by atoms with van der Waals surface area (Å²) in [5.41, 5.74) is 7.65. The van der Waals surface area contributed by atoms with Gasteiger partial charge in [0.2, 0.25) is 0 Å². The third kappa shape index (κ3) is 4.69. The number of aryl methyl sites for hydroxylation is 3. The molecule has 0 radical (unpaired) electrons. The van der Waals surface area contributed by atoms with Crippen molar-refractivity contribution >= 4 is 12.1 Å². The molecule has 0 fully saturated rings. The fraction of sp³-hybridized carbons (Fsp3) is 0.300. The van der Waals surface area contributed by atoms with E-state index in [2.05, 4.69) is 36.5 Å². The van der Waals surface area contributed by atoms with Crippen LogP contribution in [0.15, 0.2) is 41.5 Å². The zero-order valence-corrected chi connectivity index (χ0v) is 14.7. The Balaban J connectivity index is 2.00. The van der Waals surface area contributed by atoms with E-state index in [0.717, 1.165) is 28.9 Å². The second-order valence-electron chi connectivity index (χ2n) is 5.88. The molecule has 4 heteroatoms. The zero-order chi connectivity index (χ0) is 17.5. The highest BCUT2D eigenvalue weighted by Crippen LogP contribution is 2.14. The van der Waals surface area contributed by atoms with Crippen LogP contribution >= 0.6 is 0 Å². The molecule has 24 heavy (non-hydrogen) atoms. The molecule has 0 heterocycles. The number of rotatable bonds is 6. The van der Waals surface area contributed by atoms with Crippen molar-refractivity contribution < 1.29 is 9.53 Å². The van der Waals surface area contributed by atoms with Crippen molar-refractivity contribution in [1.82, 2.24) is 5.43 Å². The molecule has 126 valence electrons. The van der Waals surface area contributed by atoms with Crippen molar-refractivity contribution in [2.75, 3.05) is 6.61 Å². The first-order valence-corrected chi connectivity index (χ1v) is 8.15. The highest BCUT2D eigenvalue weighted by Gasteiger charge is 2.05. The largest absolute Gasteiger partial charge is 0.494 e. The lowest BCUT2D eigenvalue weighted by Crippen LogP contribution is -2.17. The number of benzene rings is 2. The van der Waals surface area contributed by atoms with E-state index >= 15 is 0 Å². The van der Waals surface area contributed by atoms with Crippen LogP contribution in [0.1, 0.15) is 46.0 Å². The van der Waals surface area contributed by atoms with Gasteiger partial charge in [-0.1, -0.05) is 24.6 Å². The lowest BCUT2D eigenvalue weighted by molar-refractivity contribution is 0.0955. The summed E-state index contributed by atoms with van der Waals surface area (Å²) in [6, 6.07) is 11.3. The molecule has 0 aliphatic carbocycles. The lowest BCUT2D eigenvalue weighted by Gasteiger charge is -2.07. The molecule has 2 aromatic rings. The van der Waals surface area contributed by atoms with Crippen LogP contribution in [0.2, 0.25) is 0 Å². The van der Waals surface area contributed by atoms with Crippen LogP contribution in [-0.4, -0.2) is 18.7 Å². The van der Waals surface area contributed by atoms with Gasteiger partial charge in [0.05, 0.1) is 12.8 Å². The number of hydrogen-bond donors (Lipinski definition) is 1. The number of ether oxygens (including phenoxy) is 1. The Bertz CT molecular complexity index is 711. The van der Waals surface area contributed by atoms with Gasteiger partial charge in [0.25, 0.3) is 5.91 Å². The molecule has 0 unspecified atom stereocenters. The predicted molar refractivity (Wildman–Crippen MR) is 97.9 cm³/mol. The molecule has 1 amide bonds. The van der Waals surface area contributed by atoms with Crippen LogP contribution in [0.4, 0.5) is 0 Å². The quantitative estimate of drug-likeness (QED) is 0.640. The van der Waals surface area contributed by atoms with Gasteiger partial charge in [0.1, 0.15) is 5.75 Å². The fourth-order valence-electron chi connectivity index (χ4n) is 2.54. The van der Waals surface area contributed by atoms with E-state index in [1.807, 2.05) is 13.8 Å². The molecule has 0 saturated heterocycles. The molecule has 0 spiro atoms. The van der Waals surface area contributed by atoms with Gasteiger partial charge in [0.15, 0.2) is 0 Å². The maximum Gasteiger partial charge on any atom is 0.271 e. The summed E-state index contributed by atoms with van der Waals surface area (Å²) in [5, 5.41) is 4.09. The minimum absolute atomic E-state index is 0.240. The smallest absolute Gasteiger partial charge is 0.271 e. The Kier molecular flexibility index (Phi) is 6.13. The van der Waals surface area contributed by atoms with Crippen molar-refractivity contribution in [3.05, 3.63) is 64.2 Å². The average Bonchev–Trinajstić information content (AvgIpc) is 2.55.